The van der Waals surface area contributed by atoms with Crippen LogP contribution in [-0.4, -0.2) is 36.4 Å². The summed E-state index contributed by atoms with van der Waals surface area (Å²) in [6.45, 7) is 2.92. The number of carbonyl (C=O) groups excluding carboxylic acids is 1. The van der Waals surface area contributed by atoms with E-state index in [0.717, 1.165) is 5.56 Å². The molecule has 0 spiro atoms. The summed E-state index contributed by atoms with van der Waals surface area (Å²) in [6, 6.07) is 5.22. The molecule has 0 aromatic heterocycles. The van der Waals surface area contributed by atoms with E-state index in [1.165, 1.54) is 0 Å². The first-order chi connectivity index (χ1) is 9.06. The molecular weight excluding hydrogens is 244 g/mol. The maximum absolute atomic E-state index is 12.2. The van der Waals surface area contributed by atoms with Crippen LogP contribution in [0.15, 0.2) is 18.2 Å². The second kappa shape index (κ2) is 5.59. The number of carbonyl (C=O) groups is 1. The lowest BCUT2D eigenvalue weighted by molar-refractivity contribution is 0.0125. The molecule has 0 bridgehead atoms. The zero-order chi connectivity index (χ0) is 13.9. The first-order valence-corrected chi connectivity index (χ1v) is 6.44. The van der Waals surface area contributed by atoms with Crippen LogP contribution >= 0.6 is 0 Å². The molecule has 1 amide bonds. The Balaban J connectivity index is 2.12. The first kappa shape index (κ1) is 13.8. The summed E-state index contributed by atoms with van der Waals surface area (Å²) in [4.78, 5) is 12.2. The third-order valence-corrected chi connectivity index (χ3v) is 3.67. The molecule has 0 unspecified atom stereocenters. The minimum Gasteiger partial charge on any atom is -0.398 e. The molecule has 0 atom stereocenters. The van der Waals surface area contributed by atoms with Crippen molar-refractivity contribution in [2.24, 2.45) is 0 Å². The van der Waals surface area contributed by atoms with Crippen LogP contribution in [0.2, 0.25) is 0 Å². The van der Waals surface area contributed by atoms with Gasteiger partial charge in [0.2, 0.25) is 0 Å². The standard InChI is InChI=1S/C14H20N2O3/c1-10-2-3-11(8-12(10)15)13(18)16-14(9-17)4-6-19-7-5-14/h2-3,8,17H,4-7,9,15H2,1H3,(H,16,18). The summed E-state index contributed by atoms with van der Waals surface area (Å²) in [5, 5.41) is 12.5. The van der Waals surface area contributed by atoms with Gasteiger partial charge < -0.3 is 20.9 Å². The van der Waals surface area contributed by atoms with Gasteiger partial charge in [0, 0.05) is 24.5 Å². The van der Waals surface area contributed by atoms with Crippen molar-refractivity contribution in [3.05, 3.63) is 29.3 Å². The van der Waals surface area contributed by atoms with Gasteiger partial charge in [-0.25, -0.2) is 0 Å². The van der Waals surface area contributed by atoms with Crippen LogP contribution < -0.4 is 11.1 Å². The van der Waals surface area contributed by atoms with Crippen molar-refractivity contribution in [1.29, 1.82) is 0 Å². The lowest BCUT2D eigenvalue weighted by atomic mass is 9.90. The molecule has 1 fully saturated rings. The molecule has 1 aromatic rings. The predicted molar refractivity (Wildman–Crippen MR) is 72.9 cm³/mol. The van der Waals surface area contributed by atoms with Crippen LogP contribution in [0.25, 0.3) is 0 Å². The number of aliphatic hydroxyl groups is 1. The highest BCUT2D eigenvalue weighted by atomic mass is 16.5. The van der Waals surface area contributed by atoms with E-state index in [1.807, 2.05) is 13.0 Å². The molecule has 0 aliphatic carbocycles. The fourth-order valence-corrected chi connectivity index (χ4v) is 2.18. The van der Waals surface area contributed by atoms with Crippen LogP contribution in [0, 0.1) is 6.92 Å². The Bertz CT molecular complexity index is 468. The largest absolute Gasteiger partial charge is 0.398 e. The third-order valence-electron chi connectivity index (χ3n) is 3.67. The van der Waals surface area contributed by atoms with Gasteiger partial charge in [-0.2, -0.15) is 0 Å². The number of hydrogen-bond acceptors (Lipinski definition) is 4. The lowest BCUT2D eigenvalue weighted by Gasteiger charge is -2.36. The summed E-state index contributed by atoms with van der Waals surface area (Å²) in [7, 11) is 0. The minimum atomic E-state index is -0.574. The van der Waals surface area contributed by atoms with Crippen LogP contribution in [0.5, 0.6) is 0 Å². The second-order valence-corrected chi connectivity index (χ2v) is 5.08. The molecule has 0 radical (unpaired) electrons. The molecule has 5 heteroatoms. The van der Waals surface area contributed by atoms with Crippen molar-refractivity contribution < 1.29 is 14.6 Å². The number of benzene rings is 1. The Morgan fingerprint density at radius 3 is 2.74 bits per heavy atom. The van der Waals surface area contributed by atoms with Crippen LogP contribution in [0.3, 0.4) is 0 Å². The highest BCUT2D eigenvalue weighted by molar-refractivity contribution is 5.95. The van der Waals surface area contributed by atoms with Gasteiger partial charge in [-0.05, 0) is 37.5 Å². The number of aliphatic hydroxyl groups excluding tert-OH is 1. The summed E-state index contributed by atoms with van der Waals surface area (Å²) in [5.41, 5.74) is 7.29. The zero-order valence-electron chi connectivity index (χ0n) is 11.1. The minimum absolute atomic E-state index is 0.0799. The highest BCUT2D eigenvalue weighted by Crippen LogP contribution is 2.21. The van der Waals surface area contributed by atoms with Crippen LogP contribution in [0.4, 0.5) is 5.69 Å². The molecule has 4 N–H and O–H groups in total. The predicted octanol–water partition coefficient (Wildman–Crippen LogP) is 0.849. The number of ether oxygens (including phenoxy) is 1. The van der Waals surface area contributed by atoms with Crippen molar-refractivity contribution in [2.75, 3.05) is 25.6 Å². The van der Waals surface area contributed by atoms with Gasteiger partial charge in [-0.15, -0.1) is 0 Å². The molecule has 1 aliphatic rings. The molecule has 1 aromatic carbocycles. The Hall–Kier alpha value is -1.59. The van der Waals surface area contributed by atoms with Crippen LogP contribution in [0.1, 0.15) is 28.8 Å². The van der Waals surface area contributed by atoms with Crippen molar-refractivity contribution in [3.63, 3.8) is 0 Å². The fraction of sp³-hybridized carbons (Fsp3) is 0.500. The monoisotopic (exact) mass is 264 g/mol. The van der Waals surface area contributed by atoms with Gasteiger partial charge in [0.15, 0.2) is 0 Å². The number of hydrogen-bond donors (Lipinski definition) is 3. The molecular formula is C14H20N2O3. The topological polar surface area (TPSA) is 84.6 Å². The van der Waals surface area contributed by atoms with Gasteiger partial charge in [-0.3, -0.25) is 4.79 Å². The molecule has 104 valence electrons. The average Bonchev–Trinajstić information content (AvgIpc) is 2.43. The molecule has 5 nitrogen and oxygen atoms in total. The molecule has 0 saturated carbocycles. The van der Waals surface area contributed by atoms with E-state index in [4.69, 9.17) is 10.5 Å². The quantitative estimate of drug-likeness (QED) is 0.707. The van der Waals surface area contributed by atoms with Gasteiger partial charge in [0.1, 0.15) is 0 Å². The highest BCUT2D eigenvalue weighted by Gasteiger charge is 2.33. The summed E-state index contributed by atoms with van der Waals surface area (Å²) >= 11 is 0. The van der Waals surface area contributed by atoms with Gasteiger partial charge >= 0.3 is 0 Å². The number of anilines is 1. The Morgan fingerprint density at radius 2 is 2.16 bits per heavy atom. The zero-order valence-corrected chi connectivity index (χ0v) is 11.1. The number of aryl methyl sites for hydroxylation is 1. The third kappa shape index (κ3) is 3.05. The fourth-order valence-electron chi connectivity index (χ4n) is 2.18. The normalized spacial score (nSPS) is 18.0. The molecule has 2 rings (SSSR count). The Labute approximate surface area is 112 Å². The van der Waals surface area contributed by atoms with Gasteiger partial charge in [-0.1, -0.05) is 6.07 Å². The lowest BCUT2D eigenvalue weighted by Crippen LogP contribution is -2.54. The molecule has 19 heavy (non-hydrogen) atoms. The number of nitrogens with two attached hydrogens (primary N) is 1. The molecule has 1 heterocycles. The Kier molecular flexibility index (Phi) is 4.07. The van der Waals surface area contributed by atoms with Gasteiger partial charge in [0.05, 0.1) is 12.1 Å². The maximum Gasteiger partial charge on any atom is 0.251 e. The van der Waals surface area contributed by atoms with Crippen LogP contribution in [-0.2, 0) is 4.74 Å². The van der Waals surface area contributed by atoms with Crippen molar-refractivity contribution >= 4 is 11.6 Å². The summed E-state index contributed by atoms with van der Waals surface area (Å²) in [6.07, 6.45) is 1.24. The van der Waals surface area contributed by atoms with E-state index in [1.54, 1.807) is 12.1 Å². The van der Waals surface area contributed by atoms with E-state index < -0.39 is 5.54 Å². The smallest absolute Gasteiger partial charge is 0.251 e. The number of nitrogen functional groups attached to an aromatic ring is 1. The Morgan fingerprint density at radius 1 is 1.47 bits per heavy atom. The second-order valence-electron chi connectivity index (χ2n) is 5.08. The van der Waals surface area contributed by atoms with E-state index in [2.05, 4.69) is 5.32 Å². The number of nitrogens with one attached hydrogen (secondary N) is 1. The van der Waals surface area contributed by atoms with Crippen molar-refractivity contribution in [2.45, 2.75) is 25.3 Å². The van der Waals surface area contributed by atoms with E-state index in [-0.39, 0.29) is 12.5 Å². The average molecular weight is 264 g/mol. The SMILES string of the molecule is Cc1ccc(C(=O)NC2(CO)CCOCC2)cc1N. The molecule has 1 aliphatic heterocycles. The van der Waals surface area contributed by atoms with E-state index in [9.17, 15) is 9.90 Å². The molecule has 1 saturated heterocycles. The van der Waals surface area contributed by atoms with Gasteiger partial charge in [0.25, 0.3) is 5.91 Å². The van der Waals surface area contributed by atoms with E-state index in [0.29, 0.717) is 37.3 Å². The summed E-state index contributed by atoms with van der Waals surface area (Å²) < 4.78 is 5.27. The first-order valence-electron chi connectivity index (χ1n) is 6.44. The van der Waals surface area contributed by atoms with Crippen molar-refractivity contribution in [3.8, 4) is 0 Å². The maximum atomic E-state index is 12.2. The number of rotatable bonds is 3. The van der Waals surface area contributed by atoms with Crippen molar-refractivity contribution in [1.82, 2.24) is 5.32 Å². The van der Waals surface area contributed by atoms with E-state index >= 15 is 0 Å². The summed E-state index contributed by atoms with van der Waals surface area (Å²) in [5.74, 6) is -0.206. The number of amides is 1.